The van der Waals surface area contributed by atoms with Gasteiger partial charge in [0.05, 0.1) is 5.71 Å². The Morgan fingerprint density at radius 1 is 0.742 bits per heavy atom. The maximum Gasteiger partial charge on any atom is 0.215 e. The number of hydrogen-bond donors (Lipinski definition) is 1. The van der Waals surface area contributed by atoms with Crippen LogP contribution in [0.15, 0.2) is 70.9 Å². The Balaban J connectivity index is 0.00000480. The molecule has 0 aromatic heterocycles. The van der Waals surface area contributed by atoms with Gasteiger partial charge in [-0.05, 0) is 46.2 Å². The van der Waals surface area contributed by atoms with Gasteiger partial charge in [0.1, 0.15) is 0 Å². The third-order valence-electron chi connectivity index (χ3n) is 4.83. The van der Waals surface area contributed by atoms with Gasteiger partial charge >= 0.3 is 0 Å². The van der Waals surface area contributed by atoms with Gasteiger partial charge in [-0.25, -0.2) is 0 Å². The Kier molecular flexibility index (Phi) is 11.3. The highest BCUT2D eigenvalue weighted by Gasteiger charge is 1.99. The maximum atomic E-state index is 5.89. The van der Waals surface area contributed by atoms with Gasteiger partial charge in [-0.3, -0.25) is 0 Å². The van der Waals surface area contributed by atoms with Crippen LogP contribution >= 0.6 is 24.0 Å². The van der Waals surface area contributed by atoms with E-state index in [1.807, 2.05) is 38.4 Å². The molecule has 0 amide bonds. The topological polar surface area (TPSA) is 54.0 Å². The lowest BCUT2D eigenvalue weighted by Gasteiger charge is -2.08. The molecular formula is C26H35IN4. The number of halogens is 1. The second kappa shape index (κ2) is 13.1. The lowest BCUT2D eigenvalue weighted by molar-refractivity contribution is 0.611. The highest BCUT2D eigenvalue weighted by Crippen LogP contribution is 2.16. The van der Waals surface area contributed by atoms with Crippen molar-refractivity contribution in [1.82, 2.24) is 4.90 Å². The Hall–Kier alpha value is -2.41. The third-order valence-corrected chi connectivity index (χ3v) is 4.83. The number of allylic oxidation sites excluding steroid dienone is 2. The summed E-state index contributed by atoms with van der Waals surface area (Å²) in [6.07, 6.45) is 7.98. The summed E-state index contributed by atoms with van der Waals surface area (Å²) >= 11 is 0. The molecule has 166 valence electrons. The third kappa shape index (κ3) is 9.09. The second-order valence-electron chi connectivity index (χ2n) is 8.19. The summed E-state index contributed by atoms with van der Waals surface area (Å²) in [6, 6.07) is 17.1. The number of benzene rings is 2. The van der Waals surface area contributed by atoms with Gasteiger partial charge in [0.15, 0.2) is 0 Å². The van der Waals surface area contributed by atoms with Crippen molar-refractivity contribution in [3.8, 4) is 0 Å². The van der Waals surface area contributed by atoms with E-state index >= 15 is 0 Å². The van der Waals surface area contributed by atoms with E-state index in [1.165, 1.54) is 11.1 Å². The average molecular weight is 530 g/mol. The van der Waals surface area contributed by atoms with Crippen LogP contribution in [0.3, 0.4) is 0 Å². The molecular weight excluding hydrogens is 495 g/mol. The van der Waals surface area contributed by atoms with Crippen LogP contribution in [0.4, 0.5) is 0 Å². The molecule has 0 saturated carbocycles. The molecule has 4 nitrogen and oxygen atoms in total. The highest BCUT2D eigenvalue weighted by molar-refractivity contribution is 14.0. The van der Waals surface area contributed by atoms with Crippen LogP contribution in [0, 0.1) is 0 Å². The van der Waals surface area contributed by atoms with Crippen LogP contribution in [0.25, 0.3) is 12.2 Å². The van der Waals surface area contributed by atoms with Crippen molar-refractivity contribution in [2.75, 3.05) is 14.1 Å². The van der Waals surface area contributed by atoms with Gasteiger partial charge < -0.3 is 10.6 Å². The fourth-order valence-electron chi connectivity index (χ4n) is 2.67. The minimum absolute atomic E-state index is 0. The standard InChI is InChI=1S/C26H34N4.HI/c1-19(2)23-13-7-21(8-14-23)11-17-25(28-29-26(27)30(5)6)18-12-22-9-15-24(16-10-22)20(3)4;/h7-20H,1-6H3,(H2,27,29);1H. The smallest absolute Gasteiger partial charge is 0.215 e. The molecule has 0 aliphatic carbocycles. The predicted molar refractivity (Wildman–Crippen MR) is 147 cm³/mol. The van der Waals surface area contributed by atoms with Crippen LogP contribution in [0.2, 0.25) is 0 Å². The second-order valence-corrected chi connectivity index (χ2v) is 8.19. The van der Waals surface area contributed by atoms with Gasteiger partial charge in [0.2, 0.25) is 5.96 Å². The zero-order chi connectivity index (χ0) is 22.1. The minimum Gasteiger partial charge on any atom is -0.368 e. The van der Waals surface area contributed by atoms with Crippen molar-refractivity contribution in [3.05, 3.63) is 82.9 Å². The van der Waals surface area contributed by atoms with E-state index in [-0.39, 0.29) is 24.0 Å². The molecule has 0 atom stereocenters. The summed E-state index contributed by atoms with van der Waals surface area (Å²) in [6.45, 7) is 8.78. The SMILES string of the molecule is CC(C)c1ccc(C=CC(C=Cc2ccc(C(C)C)cc2)=NN=C(N)N(C)C)cc1.I. The molecule has 0 spiro atoms. The first-order chi connectivity index (χ1) is 14.3. The summed E-state index contributed by atoms with van der Waals surface area (Å²) in [5.74, 6) is 1.40. The first-order valence-electron chi connectivity index (χ1n) is 10.4. The summed E-state index contributed by atoms with van der Waals surface area (Å²) in [4.78, 5) is 1.73. The molecule has 0 saturated heterocycles. The fourth-order valence-corrected chi connectivity index (χ4v) is 2.67. The molecule has 0 aliphatic rings. The van der Waals surface area contributed by atoms with E-state index in [0.29, 0.717) is 17.8 Å². The van der Waals surface area contributed by atoms with Crippen molar-refractivity contribution >= 4 is 47.8 Å². The normalized spacial score (nSPS) is 11.9. The lowest BCUT2D eigenvalue weighted by atomic mass is 10.0. The molecule has 0 radical (unpaired) electrons. The number of rotatable bonds is 7. The van der Waals surface area contributed by atoms with Crippen LogP contribution < -0.4 is 5.73 Å². The zero-order valence-corrected chi connectivity index (χ0v) is 21.7. The molecule has 0 aliphatic heterocycles. The molecule has 2 aromatic rings. The van der Waals surface area contributed by atoms with Gasteiger partial charge in [0.25, 0.3) is 0 Å². The van der Waals surface area contributed by atoms with Crippen LogP contribution in [-0.2, 0) is 0 Å². The Labute approximate surface area is 204 Å². The van der Waals surface area contributed by atoms with E-state index in [1.54, 1.807) is 4.90 Å². The van der Waals surface area contributed by atoms with E-state index in [0.717, 1.165) is 16.8 Å². The number of hydrogen-bond acceptors (Lipinski definition) is 2. The lowest BCUT2D eigenvalue weighted by Crippen LogP contribution is -2.29. The van der Waals surface area contributed by atoms with Crippen LogP contribution in [-0.4, -0.2) is 30.7 Å². The summed E-state index contributed by atoms with van der Waals surface area (Å²) in [7, 11) is 3.68. The van der Waals surface area contributed by atoms with Crippen molar-refractivity contribution in [2.24, 2.45) is 15.9 Å². The zero-order valence-electron chi connectivity index (χ0n) is 19.4. The molecule has 2 N–H and O–H groups in total. The molecule has 2 rings (SSSR count). The number of guanidine groups is 1. The molecule has 0 heterocycles. The van der Waals surface area contributed by atoms with E-state index in [9.17, 15) is 0 Å². The van der Waals surface area contributed by atoms with Gasteiger partial charge in [-0.2, -0.15) is 0 Å². The monoisotopic (exact) mass is 530 g/mol. The van der Waals surface area contributed by atoms with Gasteiger partial charge in [-0.1, -0.05) is 88.4 Å². The van der Waals surface area contributed by atoms with Crippen molar-refractivity contribution < 1.29 is 0 Å². The van der Waals surface area contributed by atoms with Crippen molar-refractivity contribution in [3.63, 3.8) is 0 Å². The first kappa shape index (κ1) is 26.6. The molecule has 5 heteroatoms. The van der Waals surface area contributed by atoms with Gasteiger partial charge in [-0.15, -0.1) is 34.2 Å². The first-order valence-corrected chi connectivity index (χ1v) is 10.4. The Morgan fingerprint density at radius 3 is 1.45 bits per heavy atom. The largest absolute Gasteiger partial charge is 0.368 e. The highest BCUT2D eigenvalue weighted by atomic mass is 127. The fraction of sp³-hybridized carbons (Fsp3) is 0.308. The van der Waals surface area contributed by atoms with E-state index < -0.39 is 0 Å². The minimum atomic E-state index is 0. The molecule has 2 aromatic carbocycles. The maximum absolute atomic E-state index is 5.89. The summed E-state index contributed by atoms with van der Waals surface area (Å²) < 4.78 is 0. The Bertz CT molecular complexity index is 855. The quantitative estimate of drug-likeness (QED) is 0.192. The number of nitrogens with two attached hydrogens (primary N) is 1. The molecule has 0 bridgehead atoms. The Morgan fingerprint density at radius 2 is 1.13 bits per heavy atom. The number of nitrogens with zero attached hydrogens (tertiary/aromatic N) is 3. The summed E-state index contributed by atoms with van der Waals surface area (Å²) in [5.41, 5.74) is 11.5. The van der Waals surface area contributed by atoms with Crippen LogP contribution in [0.1, 0.15) is 61.8 Å². The molecule has 31 heavy (non-hydrogen) atoms. The van der Waals surface area contributed by atoms with Crippen molar-refractivity contribution in [1.29, 1.82) is 0 Å². The van der Waals surface area contributed by atoms with E-state index in [2.05, 4.69) is 86.4 Å². The molecule has 0 unspecified atom stereocenters. The molecule has 0 fully saturated rings. The average Bonchev–Trinajstić information content (AvgIpc) is 2.73. The summed E-state index contributed by atoms with van der Waals surface area (Å²) in [5, 5.41) is 8.46. The van der Waals surface area contributed by atoms with Crippen molar-refractivity contribution in [2.45, 2.75) is 39.5 Å². The van der Waals surface area contributed by atoms with Crippen LogP contribution in [0.5, 0.6) is 0 Å². The van der Waals surface area contributed by atoms with E-state index in [4.69, 9.17) is 5.73 Å². The predicted octanol–water partition coefficient (Wildman–Crippen LogP) is 6.51. The van der Waals surface area contributed by atoms with Gasteiger partial charge in [0, 0.05) is 14.1 Å².